The van der Waals surface area contributed by atoms with Gasteiger partial charge in [0.15, 0.2) is 0 Å². The highest BCUT2D eigenvalue weighted by Crippen LogP contribution is 2.36. The number of carbonyl (C=O) groups excluding carboxylic acids is 2. The molecule has 0 saturated heterocycles. The number of nitrogens with one attached hydrogen (secondary N) is 1. The van der Waals surface area contributed by atoms with E-state index >= 15 is 0 Å². The number of alkyl halides is 3. The first-order chi connectivity index (χ1) is 11.7. The normalized spacial score (nSPS) is 11.1. The third-order valence-corrected chi connectivity index (χ3v) is 3.63. The lowest BCUT2D eigenvalue weighted by Crippen LogP contribution is -2.34. The average molecular weight is 371 g/mol. The Labute approximate surface area is 147 Å². The minimum absolute atomic E-state index is 0.0534. The molecule has 2 aromatic carbocycles. The molecule has 2 amide bonds. The second kappa shape index (κ2) is 7.57. The standard InChI is InChI=1S/C17H14ClF3N2O2/c1-23(16(25)11-5-3-2-4-6-11)10-15(24)22-12-7-8-14(18)13(9-12)17(19,20)21/h2-9H,10H2,1H3,(H,22,24). The lowest BCUT2D eigenvalue weighted by Gasteiger charge is -2.17. The van der Waals surface area contributed by atoms with Crippen molar-refractivity contribution in [2.75, 3.05) is 18.9 Å². The van der Waals surface area contributed by atoms with Crippen LogP contribution in [0.4, 0.5) is 18.9 Å². The lowest BCUT2D eigenvalue weighted by atomic mass is 10.2. The van der Waals surface area contributed by atoms with Crippen LogP contribution in [-0.2, 0) is 11.0 Å². The summed E-state index contributed by atoms with van der Waals surface area (Å²) in [7, 11) is 1.43. The number of amides is 2. The summed E-state index contributed by atoms with van der Waals surface area (Å²) < 4.78 is 38.5. The molecule has 0 heterocycles. The van der Waals surface area contributed by atoms with E-state index < -0.39 is 22.7 Å². The van der Waals surface area contributed by atoms with Gasteiger partial charge in [-0.1, -0.05) is 29.8 Å². The van der Waals surface area contributed by atoms with Crippen molar-refractivity contribution in [1.29, 1.82) is 0 Å². The average Bonchev–Trinajstić information content (AvgIpc) is 2.55. The summed E-state index contributed by atoms with van der Waals surface area (Å²) in [6.07, 6.45) is -4.63. The molecule has 0 aliphatic carbocycles. The van der Waals surface area contributed by atoms with E-state index in [2.05, 4.69) is 5.32 Å². The number of anilines is 1. The van der Waals surface area contributed by atoms with E-state index in [1.165, 1.54) is 18.0 Å². The van der Waals surface area contributed by atoms with Crippen molar-refractivity contribution in [2.45, 2.75) is 6.18 Å². The topological polar surface area (TPSA) is 49.4 Å². The monoisotopic (exact) mass is 370 g/mol. The Morgan fingerprint density at radius 3 is 2.36 bits per heavy atom. The number of benzene rings is 2. The third kappa shape index (κ3) is 4.96. The second-order valence-corrected chi connectivity index (χ2v) is 5.68. The Kier molecular flexibility index (Phi) is 5.69. The summed E-state index contributed by atoms with van der Waals surface area (Å²) in [4.78, 5) is 25.3. The maximum Gasteiger partial charge on any atom is 0.417 e. The molecule has 0 saturated carbocycles. The summed E-state index contributed by atoms with van der Waals surface area (Å²) in [5, 5.41) is 1.87. The van der Waals surface area contributed by atoms with Crippen LogP contribution in [0.1, 0.15) is 15.9 Å². The van der Waals surface area contributed by atoms with Crippen molar-refractivity contribution >= 4 is 29.1 Å². The first kappa shape index (κ1) is 18.8. The van der Waals surface area contributed by atoms with E-state index in [1.807, 2.05) is 0 Å². The molecular formula is C17H14ClF3N2O2. The van der Waals surface area contributed by atoms with Gasteiger partial charge in [-0.15, -0.1) is 0 Å². The highest BCUT2D eigenvalue weighted by molar-refractivity contribution is 6.31. The molecule has 0 radical (unpaired) electrons. The van der Waals surface area contributed by atoms with Crippen LogP contribution in [-0.4, -0.2) is 30.3 Å². The van der Waals surface area contributed by atoms with E-state index in [1.54, 1.807) is 30.3 Å². The van der Waals surface area contributed by atoms with Crippen LogP contribution in [0.15, 0.2) is 48.5 Å². The second-order valence-electron chi connectivity index (χ2n) is 5.27. The predicted molar refractivity (Wildman–Crippen MR) is 88.5 cm³/mol. The van der Waals surface area contributed by atoms with Crippen molar-refractivity contribution in [3.8, 4) is 0 Å². The van der Waals surface area contributed by atoms with Crippen molar-refractivity contribution in [1.82, 2.24) is 4.90 Å². The lowest BCUT2D eigenvalue weighted by molar-refractivity contribution is -0.137. The van der Waals surface area contributed by atoms with Crippen LogP contribution in [0.5, 0.6) is 0 Å². The van der Waals surface area contributed by atoms with Crippen LogP contribution < -0.4 is 5.32 Å². The first-order valence-electron chi connectivity index (χ1n) is 7.15. The van der Waals surface area contributed by atoms with Gasteiger partial charge in [-0.3, -0.25) is 9.59 Å². The van der Waals surface area contributed by atoms with Crippen LogP contribution in [0.2, 0.25) is 5.02 Å². The molecule has 8 heteroatoms. The molecule has 25 heavy (non-hydrogen) atoms. The number of hydrogen-bond acceptors (Lipinski definition) is 2. The summed E-state index contributed by atoms with van der Waals surface area (Å²) in [5.74, 6) is -0.995. The zero-order chi connectivity index (χ0) is 18.6. The van der Waals surface area contributed by atoms with Crippen molar-refractivity contribution < 1.29 is 22.8 Å². The van der Waals surface area contributed by atoms with E-state index in [-0.39, 0.29) is 18.1 Å². The minimum Gasteiger partial charge on any atom is -0.332 e. The first-order valence-corrected chi connectivity index (χ1v) is 7.53. The van der Waals surface area contributed by atoms with Crippen molar-refractivity contribution in [2.24, 2.45) is 0 Å². The summed E-state index contributed by atoms with van der Waals surface area (Å²) in [5.41, 5.74) is -0.688. The summed E-state index contributed by atoms with van der Waals surface area (Å²) in [6.45, 7) is -0.308. The van der Waals surface area contributed by atoms with E-state index in [4.69, 9.17) is 11.6 Å². The van der Waals surface area contributed by atoms with Crippen LogP contribution in [0, 0.1) is 0 Å². The van der Waals surface area contributed by atoms with Gasteiger partial charge in [-0.25, -0.2) is 0 Å². The van der Waals surface area contributed by atoms with Gasteiger partial charge in [0, 0.05) is 18.3 Å². The SMILES string of the molecule is CN(CC(=O)Nc1ccc(Cl)c(C(F)(F)F)c1)C(=O)c1ccccc1. The maximum atomic E-state index is 12.8. The number of hydrogen-bond donors (Lipinski definition) is 1. The fourth-order valence-electron chi connectivity index (χ4n) is 2.11. The number of nitrogens with zero attached hydrogens (tertiary/aromatic N) is 1. The van der Waals surface area contributed by atoms with E-state index in [0.29, 0.717) is 5.56 Å². The van der Waals surface area contributed by atoms with Crippen molar-refractivity contribution in [3.63, 3.8) is 0 Å². The minimum atomic E-state index is -4.63. The van der Waals surface area contributed by atoms with Gasteiger partial charge in [0.25, 0.3) is 5.91 Å². The van der Waals surface area contributed by atoms with Crippen LogP contribution in [0.3, 0.4) is 0 Å². The van der Waals surface area contributed by atoms with Gasteiger partial charge < -0.3 is 10.2 Å². The van der Waals surface area contributed by atoms with Crippen molar-refractivity contribution in [3.05, 3.63) is 64.7 Å². The van der Waals surface area contributed by atoms with Gasteiger partial charge >= 0.3 is 6.18 Å². The Balaban J connectivity index is 2.04. The van der Waals surface area contributed by atoms with Gasteiger partial charge in [-0.05, 0) is 30.3 Å². The largest absolute Gasteiger partial charge is 0.417 e. The van der Waals surface area contributed by atoms with Gasteiger partial charge in [-0.2, -0.15) is 13.2 Å². The molecule has 0 unspecified atom stereocenters. The molecule has 0 fully saturated rings. The molecule has 2 rings (SSSR count). The highest BCUT2D eigenvalue weighted by Gasteiger charge is 2.33. The van der Waals surface area contributed by atoms with Gasteiger partial charge in [0.05, 0.1) is 17.1 Å². The maximum absolute atomic E-state index is 12.8. The molecule has 0 aliphatic rings. The van der Waals surface area contributed by atoms with Crippen LogP contribution >= 0.6 is 11.6 Å². The molecular weight excluding hydrogens is 357 g/mol. The quantitative estimate of drug-likeness (QED) is 0.882. The fraction of sp³-hybridized carbons (Fsp3) is 0.176. The molecule has 0 aromatic heterocycles. The number of rotatable bonds is 4. The molecule has 1 N–H and O–H groups in total. The predicted octanol–water partition coefficient (Wildman–Crippen LogP) is 4.07. The highest BCUT2D eigenvalue weighted by atomic mass is 35.5. The smallest absolute Gasteiger partial charge is 0.332 e. The molecule has 2 aromatic rings. The fourth-order valence-corrected chi connectivity index (χ4v) is 2.33. The van der Waals surface area contributed by atoms with Gasteiger partial charge in [0.1, 0.15) is 0 Å². The zero-order valence-electron chi connectivity index (χ0n) is 13.1. The Morgan fingerprint density at radius 1 is 1.12 bits per heavy atom. The van der Waals surface area contributed by atoms with E-state index in [9.17, 15) is 22.8 Å². The molecule has 0 atom stereocenters. The summed E-state index contributed by atoms with van der Waals surface area (Å²) >= 11 is 5.53. The van der Waals surface area contributed by atoms with E-state index in [0.717, 1.165) is 12.1 Å². The number of likely N-dealkylation sites (N-methyl/N-ethyl adjacent to an activating group) is 1. The molecule has 0 bridgehead atoms. The number of carbonyl (C=O) groups is 2. The number of halogens is 4. The molecule has 0 aliphatic heterocycles. The van der Waals surface area contributed by atoms with Gasteiger partial charge in [0.2, 0.25) is 5.91 Å². The summed E-state index contributed by atoms with van der Waals surface area (Å²) in [6, 6.07) is 11.4. The molecule has 0 spiro atoms. The Morgan fingerprint density at radius 2 is 1.76 bits per heavy atom. The Bertz CT molecular complexity index is 779. The van der Waals surface area contributed by atoms with Crippen LogP contribution in [0.25, 0.3) is 0 Å². The zero-order valence-corrected chi connectivity index (χ0v) is 13.9. The molecule has 132 valence electrons. The Hall–Kier alpha value is -2.54. The third-order valence-electron chi connectivity index (χ3n) is 3.30. The molecule has 4 nitrogen and oxygen atoms in total.